The largest absolute Gasteiger partial charge is 0.491 e. The van der Waals surface area contributed by atoms with Gasteiger partial charge in [0.05, 0.1) is 13.2 Å². The maximum absolute atomic E-state index is 9.22. The SMILES string of the molecule is CC(CCC(C)(c1ccc(OCCO)cc1)c1ccc(OCCO)cc1)(c1ccc(OCO)cc1)c1ccc(OCO)cc1. The quantitative estimate of drug-likeness (QED) is 0.122. The maximum Gasteiger partial charge on any atom is 0.186 e. The van der Waals surface area contributed by atoms with Gasteiger partial charge in [-0.2, -0.15) is 0 Å². The third-order valence-corrected chi connectivity index (χ3v) is 8.27. The molecular weight excluding hydrogens is 560 g/mol. The molecule has 234 valence electrons. The summed E-state index contributed by atoms with van der Waals surface area (Å²) in [4.78, 5) is 0. The Labute approximate surface area is 259 Å². The summed E-state index contributed by atoms with van der Waals surface area (Å²) in [7, 11) is 0. The van der Waals surface area contributed by atoms with E-state index in [9.17, 15) is 10.2 Å². The molecule has 8 nitrogen and oxygen atoms in total. The summed E-state index contributed by atoms with van der Waals surface area (Å²) in [5, 5.41) is 36.8. The van der Waals surface area contributed by atoms with Crippen LogP contribution in [-0.2, 0) is 10.8 Å². The van der Waals surface area contributed by atoms with E-state index in [0.717, 1.165) is 35.1 Å². The highest BCUT2D eigenvalue weighted by molar-refractivity contribution is 5.46. The first kappa shape index (κ1) is 32.8. The van der Waals surface area contributed by atoms with Crippen molar-refractivity contribution in [2.24, 2.45) is 0 Å². The van der Waals surface area contributed by atoms with E-state index >= 15 is 0 Å². The monoisotopic (exact) mass is 602 g/mol. The summed E-state index contributed by atoms with van der Waals surface area (Å²) in [6.07, 6.45) is 1.52. The van der Waals surface area contributed by atoms with Crippen LogP contribution in [0.5, 0.6) is 23.0 Å². The summed E-state index contributed by atoms with van der Waals surface area (Å²) < 4.78 is 21.8. The highest BCUT2D eigenvalue weighted by Crippen LogP contribution is 2.44. The summed E-state index contributed by atoms with van der Waals surface area (Å²) in [5.41, 5.74) is 3.55. The van der Waals surface area contributed by atoms with Gasteiger partial charge in [-0.15, -0.1) is 0 Å². The zero-order chi connectivity index (χ0) is 31.4. The van der Waals surface area contributed by atoms with Crippen molar-refractivity contribution in [2.45, 2.75) is 37.5 Å². The third-order valence-electron chi connectivity index (χ3n) is 8.27. The molecule has 0 unspecified atom stereocenters. The fourth-order valence-electron chi connectivity index (χ4n) is 5.56. The minimum absolute atomic E-state index is 0.0526. The van der Waals surface area contributed by atoms with Crippen molar-refractivity contribution in [2.75, 3.05) is 40.0 Å². The van der Waals surface area contributed by atoms with Gasteiger partial charge in [-0.1, -0.05) is 62.4 Å². The first-order chi connectivity index (χ1) is 21.4. The van der Waals surface area contributed by atoms with Crippen LogP contribution in [0.3, 0.4) is 0 Å². The summed E-state index contributed by atoms with van der Waals surface area (Å²) in [6, 6.07) is 31.6. The van der Waals surface area contributed by atoms with E-state index in [0.29, 0.717) is 23.0 Å². The Bertz CT molecular complexity index is 1300. The molecule has 0 spiro atoms. The Balaban J connectivity index is 1.74. The topological polar surface area (TPSA) is 118 Å². The maximum atomic E-state index is 9.22. The van der Waals surface area contributed by atoms with E-state index in [1.54, 1.807) is 0 Å². The fourth-order valence-corrected chi connectivity index (χ4v) is 5.56. The van der Waals surface area contributed by atoms with E-state index in [2.05, 4.69) is 38.1 Å². The van der Waals surface area contributed by atoms with Crippen LogP contribution in [0.2, 0.25) is 0 Å². The van der Waals surface area contributed by atoms with Crippen LogP contribution in [0.25, 0.3) is 0 Å². The molecule has 0 aliphatic heterocycles. The van der Waals surface area contributed by atoms with Crippen molar-refractivity contribution < 1.29 is 39.4 Å². The Morgan fingerprint density at radius 1 is 0.409 bits per heavy atom. The second kappa shape index (κ2) is 15.6. The molecule has 8 heteroatoms. The van der Waals surface area contributed by atoms with Crippen LogP contribution in [-0.4, -0.2) is 60.4 Å². The minimum atomic E-state index is -0.425. The molecule has 0 aliphatic rings. The first-order valence-electron chi connectivity index (χ1n) is 14.7. The van der Waals surface area contributed by atoms with Crippen LogP contribution in [0.4, 0.5) is 0 Å². The minimum Gasteiger partial charge on any atom is -0.491 e. The number of aliphatic hydroxyl groups is 4. The second-order valence-electron chi connectivity index (χ2n) is 11.0. The lowest BCUT2D eigenvalue weighted by atomic mass is 9.66. The standard InChI is InChI=1S/C36H42O8/c1-35(27-3-11-31(12-4-27)41-23-21-37,28-5-13-32(14-6-28)42-24-22-38)19-20-36(2,29-7-15-33(16-8-29)43-25-39)30-9-17-34(18-10-30)44-26-40/h3-18,37-40H,19-26H2,1-2H3. The van der Waals surface area contributed by atoms with E-state index < -0.39 is 24.4 Å². The number of aliphatic hydroxyl groups excluding tert-OH is 4. The van der Waals surface area contributed by atoms with Crippen LogP contribution < -0.4 is 18.9 Å². The smallest absolute Gasteiger partial charge is 0.186 e. The molecule has 0 fully saturated rings. The van der Waals surface area contributed by atoms with Gasteiger partial charge >= 0.3 is 0 Å². The van der Waals surface area contributed by atoms with Crippen LogP contribution in [0.1, 0.15) is 48.9 Å². The number of hydrogen-bond acceptors (Lipinski definition) is 8. The van der Waals surface area contributed by atoms with Gasteiger partial charge in [-0.05, 0) is 83.6 Å². The Kier molecular flexibility index (Phi) is 11.6. The fraction of sp³-hybridized carbons (Fsp3) is 0.333. The Hall–Kier alpha value is -4.08. The second-order valence-corrected chi connectivity index (χ2v) is 11.0. The lowest BCUT2D eigenvalue weighted by molar-refractivity contribution is 0.0981. The predicted molar refractivity (Wildman–Crippen MR) is 168 cm³/mol. The van der Waals surface area contributed by atoms with E-state index in [1.165, 1.54) is 0 Å². The summed E-state index contributed by atoms with van der Waals surface area (Å²) >= 11 is 0. The number of benzene rings is 4. The van der Waals surface area contributed by atoms with E-state index in [1.807, 2.05) is 72.8 Å². The number of ether oxygens (including phenoxy) is 4. The molecule has 0 saturated carbocycles. The molecule has 0 aliphatic carbocycles. The van der Waals surface area contributed by atoms with Crippen molar-refractivity contribution in [3.05, 3.63) is 119 Å². The average Bonchev–Trinajstić information content (AvgIpc) is 3.06. The van der Waals surface area contributed by atoms with Gasteiger partial charge in [0, 0.05) is 10.8 Å². The van der Waals surface area contributed by atoms with Gasteiger partial charge in [-0.25, -0.2) is 0 Å². The molecule has 0 aromatic heterocycles. The number of rotatable bonds is 17. The molecule has 0 heterocycles. The zero-order valence-corrected chi connectivity index (χ0v) is 25.3. The van der Waals surface area contributed by atoms with Gasteiger partial charge in [0.2, 0.25) is 0 Å². The lowest BCUT2D eigenvalue weighted by Crippen LogP contribution is -2.30. The Morgan fingerprint density at radius 3 is 0.886 bits per heavy atom. The molecule has 44 heavy (non-hydrogen) atoms. The molecule has 4 aromatic rings. The van der Waals surface area contributed by atoms with Crippen molar-refractivity contribution in [1.29, 1.82) is 0 Å². The van der Waals surface area contributed by atoms with Crippen LogP contribution in [0.15, 0.2) is 97.1 Å². The number of hydrogen-bond donors (Lipinski definition) is 4. The molecule has 0 radical (unpaired) electrons. The first-order valence-corrected chi connectivity index (χ1v) is 14.7. The van der Waals surface area contributed by atoms with Crippen molar-refractivity contribution in [1.82, 2.24) is 0 Å². The Morgan fingerprint density at radius 2 is 0.659 bits per heavy atom. The van der Waals surface area contributed by atoms with Gasteiger partial charge in [0.1, 0.15) is 36.2 Å². The van der Waals surface area contributed by atoms with E-state index in [-0.39, 0.29) is 26.4 Å². The van der Waals surface area contributed by atoms with Gasteiger partial charge < -0.3 is 39.4 Å². The molecule has 4 aromatic carbocycles. The van der Waals surface area contributed by atoms with Crippen molar-refractivity contribution in [3.8, 4) is 23.0 Å². The van der Waals surface area contributed by atoms with Gasteiger partial charge in [0.15, 0.2) is 13.6 Å². The predicted octanol–water partition coefficient (Wildman–Crippen LogP) is 5.18. The van der Waals surface area contributed by atoms with Crippen molar-refractivity contribution >= 4 is 0 Å². The molecule has 4 N–H and O–H groups in total. The highest BCUT2D eigenvalue weighted by atomic mass is 16.6. The van der Waals surface area contributed by atoms with Crippen molar-refractivity contribution in [3.63, 3.8) is 0 Å². The average molecular weight is 603 g/mol. The molecule has 4 rings (SSSR count). The summed E-state index contributed by atoms with van der Waals surface area (Å²) in [6.45, 7) is 4.02. The van der Waals surface area contributed by atoms with E-state index in [4.69, 9.17) is 29.2 Å². The van der Waals surface area contributed by atoms with Gasteiger partial charge in [0.25, 0.3) is 0 Å². The van der Waals surface area contributed by atoms with Crippen LogP contribution in [0, 0.1) is 0 Å². The molecule has 0 bridgehead atoms. The third kappa shape index (κ3) is 7.89. The summed E-state index contributed by atoms with van der Waals surface area (Å²) in [5.74, 6) is 2.56. The lowest BCUT2D eigenvalue weighted by Gasteiger charge is -2.38. The molecule has 0 saturated heterocycles. The molecule has 0 atom stereocenters. The zero-order valence-electron chi connectivity index (χ0n) is 25.3. The van der Waals surface area contributed by atoms with Gasteiger partial charge in [-0.3, -0.25) is 0 Å². The molecule has 0 amide bonds. The highest BCUT2D eigenvalue weighted by Gasteiger charge is 2.36. The molecular formula is C36H42O8. The van der Waals surface area contributed by atoms with Crippen LogP contribution >= 0.6 is 0 Å². The normalized spacial score (nSPS) is 11.7.